The van der Waals surface area contributed by atoms with Crippen LogP contribution in [0, 0.1) is 23.7 Å². The number of anilines is 1. The molecular weight excluding hydrogens is 504 g/mol. The van der Waals surface area contributed by atoms with Gasteiger partial charge in [0.15, 0.2) is 11.9 Å². The molecule has 8 atom stereocenters. The highest BCUT2D eigenvalue weighted by Gasteiger charge is 2.51. The summed E-state index contributed by atoms with van der Waals surface area (Å²) >= 11 is 0. The van der Waals surface area contributed by atoms with E-state index in [1.54, 1.807) is 4.90 Å². The van der Waals surface area contributed by atoms with Crippen molar-refractivity contribution in [3.8, 4) is 0 Å². The minimum absolute atomic E-state index is 0.0708. The third-order valence-corrected chi connectivity index (χ3v) is 11.4. The van der Waals surface area contributed by atoms with Crippen molar-refractivity contribution in [2.75, 3.05) is 18.6 Å². The number of nitrogens with zero attached hydrogens (tertiary/aromatic N) is 4. The van der Waals surface area contributed by atoms with Crippen LogP contribution in [-0.4, -0.2) is 69.5 Å². The Morgan fingerprint density at radius 2 is 1.62 bits per heavy atom. The third-order valence-electron chi connectivity index (χ3n) is 11.4. The van der Waals surface area contributed by atoms with Gasteiger partial charge in [0.05, 0.1) is 11.0 Å². The smallest absolute Gasteiger partial charge is 0.329 e. The summed E-state index contributed by atoms with van der Waals surface area (Å²) in [5.74, 6) is 2.23. The summed E-state index contributed by atoms with van der Waals surface area (Å²) in [6.45, 7) is 5.21. The number of carboxylic acid groups (broad SMARTS) is 1. The molecule has 0 radical (unpaired) electrons. The number of aromatic nitrogens is 2. The molecule has 1 N–H and O–H groups in total. The molecule has 7 rings (SSSR count). The maximum absolute atomic E-state index is 14.3. The Balaban J connectivity index is 1.27. The highest BCUT2D eigenvalue weighted by Crippen LogP contribution is 2.50. The molecule has 216 valence electrons. The number of fused-ring (bicyclic) bond motifs is 5. The molecule has 1 aromatic carbocycles. The molecule has 1 aromatic heterocycles. The van der Waals surface area contributed by atoms with Gasteiger partial charge in [0, 0.05) is 37.8 Å². The topological polar surface area (TPSA) is 87.9 Å². The summed E-state index contributed by atoms with van der Waals surface area (Å²) in [6, 6.07) is 8.67. The average molecular weight is 549 g/mol. The lowest BCUT2D eigenvalue weighted by molar-refractivity contribution is -0.145. The largest absolute Gasteiger partial charge is 0.480 e. The predicted octanol–water partition coefficient (Wildman–Crippen LogP) is 4.70. The Kier molecular flexibility index (Phi) is 6.69. The van der Waals surface area contributed by atoms with Crippen molar-refractivity contribution in [3.63, 3.8) is 0 Å². The molecule has 0 amide bonds. The zero-order chi connectivity index (χ0) is 27.7. The van der Waals surface area contributed by atoms with Crippen molar-refractivity contribution in [2.24, 2.45) is 23.7 Å². The maximum Gasteiger partial charge on any atom is 0.329 e. The zero-order valence-corrected chi connectivity index (χ0v) is 24.1. The van der Waals surface area contributed by atoms with E-state index in [1.165, 1.54) is 52.1 Å². The lowest BCUT2D eigenvalue weighted by Gasteiger charge is -2.59. The van der Waals surface area contributed by atoms with E-state index in [4.69, 9.17) is 9.72 Å². The summed E-state index contributed by atoms with van der Waals surface area (Å²) in [5, 5.41) is 9.90. The van der Waals surface area contributed by atoms with Crippen LogP contribution in [-0.2, 0) is 9.53 Å². The number of hydrogen-bond acceptors (Lipinski definition) is 6. The molecule has 4 heterocycles. The van der Waals surface area contributed by atoms with E-state index in [-0.39, 0.29) is 17.4 Å². The highest BCUT2D eigenvalue weighted by atomic mass is 16.5. The molecule has 8 unspecified atom stereocenters. The second-order valence-electron chi connectivity index (χ2n) is 13.7. The Bertz CT molecular complexity index is 1310. The quantitative estimate of drug-likeness (QED) is 0.579. The Hall–Kier alpha value is -2.45. The van der Waals surface area contributed by atoms with Crippen molar-refractivity contribution < 1.29 is 14.6 Å². The fourth-order valence-electron chi connectivity index (χ4n) is 9.66. The van der Waals surface area contributed by atoms with Gasteiger partial charge >= 0.3 is 5.97 Å². The first-order valence-electron chi connectivity index (χ1n) is 15.6. The van der Waals surface area contributed by atoms with Crippen LogP contribution in [0.2, 0.25) is 0 Å². The van der Waals surface area contributed by atoms with E-state index in [0.29, 0.717) is 36.5 Å². The van der Waals surface area contributed by atoms with Crippen LogP contribution in [0.15, 0.2) is 29.1 Å². The van der Waals surface area contributed by atoms with Crippen LogP contribution in [0.4, 0.5) is 5.82 Å². The Labute approximate surface area is 236 Å². The molecule has 0 spiro atoms. The molecule has 2 saturated carbocycles. The van der Waals surface area contributed by atoms with Gasteiger partial charge in [-0.2, -0.15) is 0 Å². The van der Waals surface area contributed by atoms with Crippen LogP contribution in [0.1, 0.15) is 77.7 Å². The van der Waals surface area contributed by atoms with Crippen molar-refractivity contribution in [2.45, 2.75) is 108 Å². The summed E-state index contributed by atoms with van der Waals surface area (Å²) < 4.78 is 7.39. The summed E-state index contributed by atoms with van der Waals surface area (Å²) in [6.07, 6.45) is 11.1. The van der Waals surface area contributed by atoms with Crippen LogP contribution in [0.25, 0.3) is 11.0 Å². The predicted molar refractivity (Wildman–Crippen MR) is 155 cm³/mol. The number of piperidine rings is 2. The van der Waals surface area contributed by atoms with Gasteiger partial charge in [-0.05, 0) is 74.3 Å². The van der Waals surface area contributed by atoms with Crippen LogP contribution in [0.3, 0.4) is 0 Å². The minimum Gasteiger partial charge on any atom is -0.480 e. The van der Waals surface area contributed by atoms with Gasteiger partial charge in [-0.25, -0.2) is 9.78 Å². The summed E-state index contributed by atoms with van der Waals surface area (Å²) in [4.78, 5) is 35.7. The monoisotopic (exact) mass is 548 g/mol. The zero-order valence-electron chi connectivity index (χ0n) is 24.1. The van der Waals surface area contributed by atoms with Gasteiger partial charge in [-0.1, -0.05) is 45.2 Å². The van der Waals surface area contributed by atoms with Crippen molar-refractivity contribution in [3.05, 3.63) is 34.6 Å². The molecule has 8 nitrogen and oxygen atoms in total. The maximum atomic E-state index is 14.3. The number of methoxy groups -OCH3 is 1. The molecule has 4 bridgehead atoms. The second kappa shape index (κ2) is 10.1. The average Bonchev–Trinajstić information content (AvgIpc) is 2.91. The van der Waals surface area contributed by atoms with Crippen molar-refractivity contribution in [1.29, 1.82) is 0 Å². The molecular formula is C32H44N4O4. The van der Waals surface area contributed by atoms with Gasteiger partial charge in [-0.15, -0.1) is 0 Å². The van der Waals surface area contributed by atoms with Gasteiger partial charge in [0.25, 0.3) is 5.56 Å². The first-order valence-corrected chi connectivity index (χ1v) is 15.6. The molecule has 2 aliphatic carbocycles. The SMILES string of the molecule is COC1CN(c2nc3ccccc3n(C3CC4C(C)CC(C)C(C3)N4C3CC4CCCC(C4)C3)c2=O)C1C(=O)O. The minimum atomic E-state index is -0.984. The molecule has 3 saturated heterocycles. The van der Waals surface area contributed by atoms with E-state index in [0.717, 1.165) is 35.7 Å². The number of aliphatic carboxylic acids is 1. The molecule has 2 aromatic rings. The van der Waals surface area contributed by atoms with Crippen LogP contribution < -0.4 is 10.5 Å². The lowest BCUT2D eigenvalue weighted by Crippen LogP contribution is -2.66. The van der Waals surface area contributed by atoms with E-state index < -0.39 is 18.1 Å². The summed E-state index contributed by atoms with van der Waals surface area (Å²) in [5.41, 5.74) is 1.44. The number of rotatable bonds is 5. The first kappa shape index (κ1) is 26.4. The van der Waals surface area contributed by atoms with Crippen LogP contribution in [0.5, 0.6) is 0 Å². The molecule has 40 heavy (non-hydrogen) atoms. The van der Waals surface area contributed by atoms with Gasteiger partial charge in [0.1, 0.15) is 6.10 Å². The van der Waals surface area contributed by atoms with Crippen molar-refractivity contribution >= 4 is 22.8 Å². The standard InChI is InChI=1S/C32H44N4O4/c1-18-11-19(2)27-16-23(15-26(18)35(27)22-13-20-7-6-8-21(12-20)14-22)36-25-10-5-4-9-24(25)33-30(31(36)37)34-17-28(40-3)29(34)32(38)39/h4-5,9-10,18-23,26-29H,6-8,11-17H2,1-3H3,(H,38,39). The number of benzene rings is 1. The van der Waals surface area contributed by atoms with E-state index in [9.17, 15) is 14.7 Å². The first-order chi connectivity index (χ1) is 19.3. The molecule has 5 aliphatic rings. The Morgan fingerprint density at radius 3 is 2.27 bits per heavy atom. The molecule has 8 heteroatoms. The second-order valence-corrected chi connectivity index (χ2v) is 13.7. The molecule has 5 fully saturated rings. The van der Waals surface area contributed by atoms with Gasteiger partial charge in [0.2, 0.25) is 0 Å². The number of carboxylic acids is 1. The van der Waals surface area contributed by atoms with Crippen molar-refractivity contribution in [1.82, 2.24) is 14.5 Å². The van der Waals surface area contributed by atoms with Gasteiger partial charge in [-0.3, -0.25) is 9.69 Å². The fraction of sp³-hybridized carbons (Fsp3) is 0.719. The highest BCUT2D eigenvalue weighted by molar-refractivity contribution is 5.83. The number of ether oxygens (including phenoxy) is 1. The lowest BCUT2D eigenvalue weighted by atomic mass is 9.66. The van der Waals surface area contributed by atoms with E-state index in [2.05, 4.69) is 18.7 Å². The number of para-hydroxylation sites is 2. The van der Waals surface area contributed by atoms with Gasteiger partial charge < -0.3 is 19.3 Å². The fourth-order valence-corrected chi connectivity index (χ4v) is 9.66. The number of carbonyl (C=O) groups is 1. The molecule has 3 aliphatic heterocycles. The van der Waals surface area contributed by atoms with E-state index >= 15 is 0 Å². The summed E-state index contributed by atoms with van der Waals surface area (Å²) in [7, 11) is 1.53. The third kappa shape index (κ3) is 4.20. The Morgan fingerprint density at radius 1 is 0.950 bits per heavy atom. The number of hydrogen-bond donors (Lipinski definition) is 1. The normalized spacial score (nSPS) is 39.6. The van der Waals surface area contributed by atoms with Crippen LogP contribution >= 0.6 is 0 Å². The van der Waals surface area contributed by atoms with E-state index in [1.807, 2.05) is 28.8 Å².